The average Bonchev–Trinajstić information content (AvgIpc) is 2.28. The van der Waals surface area contributed by atoms with E-state index >= 15 is 0 Å². The highest BCUT2D eigenvalue weighted by atomic mass is 16.5. The van der Waals surface area contributed by atoms with Crippen molar-refractivity contribution in [3.05, 3.63) is 11.9 Å². The molecule has 0 fully saturated rings. The molecular weight excluding hydrogens is 220 g/mol. The number of aryl methyl sites for hydroxylation is 1. The van der Waals surface area contributed by atoms with E-state index in [0.29, 0.717) is 44.6 Å². The molecule has 0 amide bonds. The summed E-state index contributed by atoms with van der Waals surface area (Å²) in [6, 6.07) is 1.78. The normalized spacial score (nSPS) is 10.3. The van der Waals surface area contributed by atoms with Crippen molar-refractivity contribution < 1.29 is 9.47 Å². The first kappa shape index (κ1) is 13.7. The van der Waals surface area contributed by atoms with Gasteiger partial charge < -0.3 is 20.5 Å². The van der Waals surface area contributed by atoms with Crippen molar-refractivity contribution in [2.45, 2.75) is 13.8 Å². The Bertz CT molecular complexity index is 333. The second-order valence-electron chi connectivity index (χ2n) is 3.40. The van der Waals surface area contributed by atoms with Gasteiger partial charge in [0.2, 0.25) is 5.88 Å². The number of rotatable bonds is 8. The number of hydrogen-bond donors (Lipinski definition) is 2. The summed E-state index contributed by atoms with van der Waals surface area (Å²) in [5, 5.41) is 3.15. The van der Waals surface area contributed by atoms with Gasteiger partial charge in [-0.3, -0.25) is 0 Å². The van der Waals surface area contributed by atoms with Gasteiger partial charge in [0.25, 0.3) is 0 Å². The van der Waals surface area contributed by atoms with Gasteiger partial charge in [0.1, 0.15) is 11.6 Å². The maximum atomic E-state index is 5.33. The third kappa shape index (κ3) is 5.46. The van der Waals surface area contributed by atoms with Crippen LogP contribution in [0, 0.1) is 6.92 Å². The molecular formula is C11H20N4O2. The summed E-state index contributed by atoms with van der Waals surface area (Å²) in [4.78, 5) is 8.41. The number of nitrogens with two attached hydrogens (primary N) is 1. The van der Waals surface area contributed by atoms with Gasteiger partial charge in [0, 0.05) is 19.2 Å². The average molecular weight is 240 g/mol. The molecule has 0 aliphatic rings. The van der Waals surface area contributed by atoms with E-state index < -0.39 is 0 Å². The first-order chi connectivity index (χ1) is 8.26. The molecule has 0 saturated heterocycles. The standard InChI is InChI=1S/C11H20N4O2/c1-3-17-11-8-10(14-9(2)15-11)13-5-7-16-6-4-12/h8H,3-7,12H2,1-2H3,(H,13,14,15). The highest BCUT2D eigenvalue weighted by Crippen LogP contribution is 2.12. The molecule has 0 unspecified atom stereocenters. The molecule has 0 atom stereocenters. The van der Waals surface area contributed by atoms with Crippen LogP contribution in [0.1, 0.15) is 12.7 Å². The van der Waals surface area contributed by atoms with Crippen LogP contribution in [0.3, 0.4) is 0 Å². The summed E-state index contributed by atoms with van der Waals surface area (Å²) in [6.07, 6.45) is 0. The summed E-state index contributed by atoms with van der Waals surface area (Å²) in [7, 11) is 0. The molecule has 96 valence electrons. The van der Waals surface area contributed by atoms with E-state index in [0.717, 1.165) is 5.82 Å². The minimum atomic E-state index is 0.543. The molecule has 6 heteroatoms. The van der Waals surface area contributed by atoms with Crippen LogP contribution in [-0.4, -0.2) is 42.9 Å². The molecule has 0 radical (unpaired) electrons. The van der Waals surface area contributed by atoms with Crippen LogP contribution in [-0.2, 0) is 4.74 Å². The molecule has 0 aliphatic carbocycles. The van der Waals surface area contributed by atoms with Crippen LogP contribution in [0.5, 0.6) is 5.88 Å². The van der Waals surface area contributed by atoms with Crippen LogP contribution in [0.4, 0.5) is 5.82 Å². The van der Waals surface area contributed by atoms with Crippen LogP contribution in [0.15, 0.2) is 6.07 Å². The molecule has 1 aromatic rings. The molecule has 1 rings (SSSR count). The van der Waals surface area contributed by atoms with Gasteiger partial charge in [-0.2, -0.15) is 4.98 Å². The predicted molar refractivity (Wildman–Crippen MR) is 66.3 cm³/mol. The highest BCUT2D eigenvalue weighted by Gasteiger charge is 2.01. The van der Waals surface area contributed by atoms with Crippen LogP contribution >= 0.6 is 0 Å². The third-order valence-corrected chi connectivity index (χ3v) is 1.92. The van der Waals surface area contributed by atoms with E-state index in [4.69, 9.17) is 15.2 Å². The Morgan fingerprint density at radius 1 is 1.35 bits per heavy atom. The van der Waals surface area contributed by atoms with Crippen LogP contribution in [0.2, 0.25) is 0 Å². The van der Waals surface area contributed by atoms with Gasteiger partial charge in [-0.25, -0.2) is 4.98 Å². The Hall–Kier alpha value is -1.40. The SMILES string of the molecule is CCOc1cc(NCCOCCN)nc(C)n1. The van der Waals surface area contributed by atoms with E-state index in [1.54, 1.807) is 6.07 Å². The number of ether oxygens (including phenoxy) is 2. The molecule has 1 heterocycles. The number of nitrogens with zero attached hydrogens (tertiary/aromatic N) is 2. The summed E-state index contributed by atoms with van der Waals surface area (Å²) in [5.74, 6) is 2.02. The smallest absolute Gasteiger partial charge is 0.218 e. The number of anilines is 1. The van der Waals surface area contributed by atoms with Crippen molar-refractivity contribution >= 4 is 5.82 Å². The Morgan fingerprint density at radius 3 is 2.88 bits per heavy atom. The zero-order chi connectivity index (χ0) is 12.5. The van der Waals surface area contributed by atoms with Gasteiger partial charge in [-0.1, -0.05) is 0 Å². The molecule has 0 bridgehead atoms. The van der Waals surface area contributed by atoms with Crippen molar-refractivity contribution in [3.8, 4) is 5.88 Å². The van der Waals surface area contributed by atoms with Crippen molar-refractivity contribution in [1.82, 2.24) is 9.97 Å². The first-order valence-electron chi connectivity index (χ1n) is 5.76. The molecule has 1 aromatic heterocycles. The maximum Gasteiger partial charge on any atom is 0.218 e. The minimum absolute atomic E-state index is 0.543. The number of nitrogens with one attached hydrogen (secondary N) is 1. The van der Waals surface area contributed by atoms with Crippen molar-refractivity contribution in [2.24, 2.45) is 5.73 Å². The molecule has 17 heavy (non-hydrogen) atoms. The summed E-state index contributed by atoms with van der Waals surface area (Å²) in [5.41, 5.74) is 5.31. The second-order valence-corrected chi connectivity index (χ2v) is 3.40. The van der Waals surface area contributed by atoms with Gasteiger partial charge in [-0.15, -0.1) is 0 Å². The summed E-state index contributed by atoms with van der Waals surface area (Å²) < 4.78 is 10.6. The number of aromatic nitrogens is 2. The van der Waals surface area contributed by atoms with Crippen LogP contribution < -0.4 is 15.8 Å². The molecule has 0 spiro atoms. The lowest BCUT2D eigenvalue weighted by molar-refractivity contribution is 0.151. The topological polar surface area (TPSA) is 82.3 Å². The monoisotopic (exact) mass is 240 g/mol. The maximum absolute atomic E-state index is 5.33. The fourth-order valence-corrected chi connectivity index (χ4v) is 1.29. The third-order valence-electron chi connectivity index (χ3n) is 1.92. The largest absolute Gasteiger partial charge is 0.478 e. The summed E-state index contributed by atoms with van der Waals surface area (Å²) >= 11 is 0. The minimum Gasteiger partial charge on any atom is -0.478 e. The van der Waals surface area contributed by atoms with E-state index in [1.165, 1.54) is 0 Å². The van der Waals surface area contributed by atoms with E-state index in [9.17, 15) is 0 Å². The van der Waals surface area contributed by atoms with Crippen molar-refractivity contribution in [3.63, 3.8) is 0 Å². The molecule has 0 aromatic carbocycles. The lowest BCUT2D eigenvalue weighted by Crippen LogP contribution is -2.15. The fourth-order valence-electron chi connectivity index (χ4n) is 1.29. The lowest BCUT2D eigenvalue weighted by Gasteiger charge is -2.08. The zero-order valence-corrected chi connectivity index (χ0v) is 10.4. The van der Waals surface area contributed by atoms with E-state index in [-0.39, 0.29) is 0 Å². The molecule has 0 saturated carbocycles. The van der Waals surface area contributed by atoms with Gasteiger partial charge in [0.05, 0.1) is 19.8 Å². The Labute approximate surface area is 102 Å². The predicted octanol–water partition coefficient (Wildman–Crippen LogP) is 0.571. The zero-order valence-electron chi connectivity index (χ0n) is 10.4. The molecule has 0 aliphatic heterocycles. The van der Waals surface area contributed by atoms with Gasteiger partial charge in [0.15, 0.2) is 0 Å². The Morgan fingerprint density at radius 2 is 2.18 bits per heavy atom. The Kier molecular flexibility index (Phi) is 6.27. The highest BCUT2D eigenvalue weighted by molar-refractivity contribution is 5.38. The van der Waals surface area contributed by atoms with Gasteiger partial charge in [-0.05, 0) is 13.8 Å². The summed E-state index contributed by atoms with van der Waals surface area (Å²) in [6.45, 7) is 6.75. The van der Waals surface area contributed by atoms with Crippen molar-refractivity contribution in [1.29, 1.82) is 0 Å². The van der Waals surface area contributed by atoms with Gasteiger partial charge >= 0.3 is 0 Å². The molecule has 6 nitrogen and oxygen atoms in total. The quantitative estimate of drug-likeness (QED) is 0.646. The lowest BCUT2D eigenvalue weighted by atomic mass is 10.5. The van der Waals surface area contributed by atoms with Crippen molar-refractivity contribution in [2.75, 3.05) is 38.2 Å². The molecule has 3 N–H and O–H groups in total. The second kappa shape index (κ2) is 7.81. The van der Waals surface area contributed by atoms with E-state index in [2.05, 4.69) is 15.3 Å². The fraction of sp³-hybridized carbons (Fsp3) is 0.636. The first-order valence-corrected chi connectivity index (χ1v) is 5.76. The Balaban J connectivity index is 2.41. The van der Waals surface area contributed by atoms with Crippen LogP contribution in [0.25, 0.3) is 0 Å². The van der Waals surface area contributed by atoms with E-state index in [1.807, 2.05) is 13.8 Å². The number of hydrogen-bond acceptors (Lipinski definition) is 6.